The Labute approximate surface area is 123 Å². The van der Waals surface area contributed by atoms with Gasteiger partial charge >= 0.3 is 0 Å². The van der Waals surface area contributed by atoms with E-state index >= 15 is 0 Å². The topological polar surface area (TPSA) is 0 Å². The van der Waals surface area contributed by atoms with Gasteiger partial charge in [-0.25, -0.2) is 4.39 Å². The molecule has 2 aromatic rings. The highest BCUT2D eigenvalue weighted by atomic mass is 35.5. The van der Waals surface area contributed by atoms with Gasteiger partial charge in [-0.3, -0.25) is 0 Å². The third-order valence-corrected chi connectivity index (χ3v) is 4.04. The Balaban J connectivity index is 2.33. The van der Waals surface area contributed by atoms with E-state index in [4.69, 9.17) is 23.2 Å². The van der Waals surface area contributed by atoms with E-state index in [-0.39, 0.29) is 5.02 Å². The van der Waals surface area contributed by atoms with Gasteiger partial charge in [-0.1, -0.05) is 61.8 Å². The molecule has 0 saturated heterocycles. The Kier molecular flexibility index (Phi) is 4.49. The summed E-state index contributed by atoms with van der Waals surface area (Å²) in [5.41, 5.74) is 2.76. The molecular formula is C16H15Cl2F. The number of benzene rings is 2. The average Bonchev–Trinajstić information content (AvgIpc) is 2.41. The van der Waals surface area contributed by atoms with Crippen molar-refractivity contribution in [2.75, 3.05) is 0 Å². The predicted octanol–water partition coefficient (Wildman–Crippen LogP) is 5.93. The zero-order chi connectivity index (χ0) is 14.0. The van der Waals surface area contributed by atoms with Crippen molar-refractivity contribution in [1.29, 1.82) is 0 Å². The maximum Gasteiger partial charge on any atom is 0.142 e. The molecule has 2 aromatic carbocycles. The van der Waals surface area contributed by atoms with Crippen molar-refractivity contribution < 1.29 is 4.39 Å². The van der Waals surface area contributed by atoms with E-state index in [0.717, 1.165) is 5.56 Å². The summed E-state index contributed by atoms with van der Waals surface area (Å²) in [6.07, 6.45) is 0. The van der Waals surface area contributed by atoms with Crippen molar-refractivity contribution in [3.8, 4) is 0 Å². The highest BCUT2D eigenvalue weighted by Crippen LogP contribution is 2.35. The molecule has 0 radical (unpaired) electrons. The van der Waals surface area contributed by atoms with Crippen LogP contribution >= 0.6 is 23.2 Å². The first kappa shape index (κ1) is 14.4. The van der Waals surface area contributed by atoms with Gasteiger partial charge in [0.15, 0.2) is 0 Å². The van der Waals surface area contributed by atoms with Gasteiger partial charge in [-0.15, -0.1) is 11.6 Å². The Hall–Kier alpha value is -1.05. The van der Waals surface area contributed by atoms with Crippen LogP contribution in [-0.2, 0) is 0 Å². The van der Waals surface area contributed by atoms with Crippen LogP contribution in [0.15, 0.2) is 42.5 Å². The van der Waals surface area contributed by atoms with Crippen LogP contribution in [0.3, 0.4) is 0 Å². The number of hydrogen-bond acceptors (Lipinski definition) is 0. The van der Waals surface area contributed by atoms with Crippen molar-refractivity contribution in [3.05, 3.63) is 70.0 Å². The maximum absolute atomic E-state index is 13.4. The lowest BCUT2D eigenvalue weighted by molar-refractivity contribution is 0.626. The molecule has 2 rings (SSSR count). The van der Waals surface area contributed by atoms with Crippen LogP contribution in [0.1, 0.15) is 41.8 Å². The second kappa shape index (κ2) is 5.94. The predicted molar refractivity (Wildman–Crippen MR) is 79.6 cm³/mol. The van der Waals surface area contributed by atoms with Crippen LogP contribution in [0, 0.1) is 5.82 Å². The van der Waals surface area contributed by atoms with Crippen molar-refractivity contribution in [2.45, 2.75) is 25.1 Å². The standard InChI is InChI=1S/C16H15Cl2F/c1-10(2)11-6-8-12(9-7-11)15(17)13-4-3-5-14(19)16(13)18/h3-10,15H,1-2H3. The van der Waals surface area contributed by atoms with E-state index < -0.39 is 11.2 Å². The largest absolute Gasteiger partial charge is 0.205 e. The molecular weight excluding hydrogens is 282 g/mol. The van der Waals surface area contributed by atoms with Gasteiger partial charge in [0, 0.05) is 0 Å². The van der Waals surface area contributed by atoms with Crippen molar-refractivity contribution in [3.63, 3.8) is 0 Å². The molecule has 0 nitrogen and oxygen atoms in total. The molecule has 0 bridgehead atoms. The maximum atomic E-state index is 13.4. The normalized spacial score (nSPS) is 12.7. The summed E-state index contributed by atoms with van der Waals surface area (Å²) < 4.78 is 13.4. The zero-order valence-electron chi connectivity index (χ0n) is 10.8. The number of halogens is 3. The molecule has 100 valence electrons. The Morgan fingerprint density at radius 1 is 0.947 bits per heavy atom. The van der Waals surface area contributed by atoms with Crippen LogP contribution in [0.5, 0.6) is 0 Å². The molecule has 0 N–H and O–H groups in total. The average molecular weight is 297 g/mol. The molecule has 19 heavy (non-hydrogen) atoms. The van der Waals surface area contributed by atoms with Gasteiger partial charge in [-0.05, 0) is 28.7 Å². The minimum atomic E-state index is -0.441. The van der Waals surface area contributed by atoms with Crippen molar-refractivity contribution >= 4 is 23.2 Å². The molecule has 0 amide bonds. The van der Waals surface area contributed by atoms with E-state index in [1.807, 2.05) is 24.3 Å². The summed E-state index contributed by atoms with van der Waals surface area (Å²) >= 11 is 12.3. The first-order chi connectivity index (χ1) is 9.00. The molecule has 0 aromatic heterocycles. The van der Waals surface area contributed by atoms with Gasteiger partial charge in [0.05, 0.1) is 10.4 Å². The lowest BCUT2D eigenvalue weighted by Gasteiger charge is -2.14. The van der Waals surface area contributed by atoms with E-state index in [1.165, 1.54) is 11.6 Å². The third kappa shape index (κ3) is 3.10. The van der Waals surface area contributed by atoms with Crippen molar-refractivity contribution in [2.24, 2.45) is 0 Å². The summed E-state index contributed by atoms with van der Waals surface area (Å²) in [6, 6.07) is 12.7. The Morgan fingerprint density at radius 2 is 1.53 bits per heavy atom. The molecule has 1 atom stereocenters. The van der Waals surface area contributed by atoms with E-state index in [0.29, 0.717) is 11.5 Å². The minimum absolute atomic E-state index is 0.0930. The van der Waals surface area contributed by atoms with Crippen LogP contribution in [0.25, 0.3) is 0 Å². The zero-order valence-corrected chi connectivity index (χ0v) is 12.3. The number of hydrogen-bond donors (Lipinski definition) is 0. The van der Waals surface area contributed by atoms with Crippen LogP contribution < -0.4 is 0 Å². The lowest BCUT2D eigenvalue weighted by atomic mass is 9.98. The minimum Gasteiger partial charge on any atom is -0.205 e. The second-order valence-corrected chi connectivity index (χ2v) is 5.64. The van der Waals surface area contributed by atoms with Crippen molar-refractivity contribution in [1.82, 2.24) is 0 Å². The van der Waals surface area contributed by atoms with Gasteiger partial charge in [0.2, 0.25) is 0 Å². The Morgan fingerprint density at radius 3 is 2.11 bits per heavy atom. The summed E-state index contributed by atoms with van der Waals surface area (Å²) in [5.74, 6) is 0.0317. The SMILES string of the molecule is CC(C)c1ccc(C(Cl)c2cccc(F)c2Cl)cc1. The fraction of sp³-hybridized carbons (Fsp3) is 0.250. The highest BCUT2D eigenvalue weighted by molar-refractivity contribution is 6.33. The van der Waals surface area contributed by atoms with Gasteiger partial charge in [-0.2, -0.15) is 0 Å². The quantitative estimate of drug-likeness (QED) is 0.616. The third-order valence-electron chi connectivity index (χ3n) is 3.15. The summed E-state index contributed by atoms with van der Waals surface area (Å²) in [4.78, 5) is 0. The number of rotatable bonds is 3. The Bertz CT molecular complexity index is 561. The molecule has 0 fully saturated rings. The molecule has 0 aliphatic rings. The van der Waals surface area contributed by atoms with Gasteiger partial charge < -0.3 is 0 Å². The molecule has 0 spiro atoms. The first-order valence-electron chi connectivity index (χ1n) is 6.18. The lowest BCUT2D eigenvalue weighted by Crippen LogP contribution is -1.97. The van der Waals surface area contributed by atoms with Gasteiger partial charge in [0.25, 0.3) is 0 Å². The van der Waals surface area contributed by atoms with Crippen LogP contribution in [0.4, 0.5) is 4.39 Å². The second-order valence-electron chi connectivity index (χ2n) is 4.83. The molecule has 1 unspecified atom stereocenters. The summed E-state index contributed by atoms with van der Waals surface area (Å²) in [5, 5.41) is -0.347. The number of alkyl halides is 1. The van der Waals surface area contributed by atoms with Gasteiger partial charge in [0.1, 0.15) is 5.82 Å². The summed E-state index contributed by atoms with van der Waals surface area (Å²) in [7, 11) is 0. The molecule has 0 aliphatic heterocycles. The fourth-order valence-electron chi connectivity index (χ4n) is 1.95. The van der Waals surface area contributed by atoms with Crippen LogP contribution in [-0.4, -0.2) is 0 Å². The van der Waals surface area contributed by atoms with E-state index in [1.54, 1.807) is 12.1 Å². The monoisotopic (exact) mass is 296 g/mol. The smallest absolute Gasteiger partial charge is 0.142 e. The first-order valence-corrected chi connectivity index (χ1v) is 7.00. The molecule has 0 saturated carbocycles. The molecule has 0 heterocycles. The van der Waals surface area contributed by atoms with E-state index in [9.17, 15) is 4.39 Å². The molecule has 0 aliphatic carbocycles. The fourth-order valence-corrected chi connectivity index (χ4v) is 2.56. The van der Waals surface area contributed by atoms with E-state index in [2.05, 4.69) is 13.8 Å². The highest BCUT2D eigenvalue weighted by Gasteiger charge is 2.16. The summed E-state index contributed by atoms with van der Waals surface area (Å²) in [6.45, 7) is 4.27. The van der Waals surface area contributed by atoms with Crippen LogP contribution in [0.2, 0.25) is 5.02 Å². The molecule has 3 heteroatoms.